The van der Waals surface area contributed by atoms with Gasteiger partial charge in [-0.05, 0) is 19.9 Å². The largest absolute Gasteiger partial charge is 0.381 e. The molecule has 1 aliphatic rings. The third-order valence-corrected chi connectivity index (χ3v) is 2.34. The first-order valence-electron chi connectivity index (χ1n) is 5.15. The zero-order chi connectivity index (χ0) is 11.1. The first-order valence-corrected chi connectivity index (χ1v) is 5.15. The van der Waals surface area contributed by atoms with Crippen LogP contribution in [-0.4, -0.2) is 50.2 Å². The minimum atomic E-state index is -0.0142. The van der Waals surface area contributed by atoms with Gasteiger partial charge in [0, 0.05) is 19.3 Å². The number of nitrogens with zero attached hydrogens (tertiary/aromatic N) is 2. The summed E-state index contributed by atoms with van der Waals surface area (Å²) in [7, 11) is 1.76. The van der Waals surface area contributed by atoms with E-state index in [2.05, 4.69) is 5.32 Å². The maximum absolute atomic E-state index is 11.5. The number of carbonyl (C=O) groups excluding carboxylic acids is 1. The summed E-state index contributed by atoms with van der Waals surface area (Å²) in [6.45, 7) is 2.00. The van der Waals surface area contributed by atoms with Crippen molar-refractivity contribution in [2.75, 3.05) is 33.4 Å². The highest BCUT2D eigenvalue weighted by Gasteiger charge is 2.16. The number of amides is 1. The molecule has 1 N–H and O–H groups in total. The molecule has 0 unspecified atom stereocenters. The molecule has 0 aliphatic carbocycles. The van der Waals surface area contributed by atoms with Gasteiger partial charge in [0.2, 0.25) is 5.91 Å². The number of likely N-dealkylation sites (N-methyl/N-ethyl adjacent to an activating group) is 1. The summed E-state index contributed by atoms with van der Waals surface area (Å²) >= 11 is 0. The van der Waals surface area contributed by atoms with Crippen molar-refractivity contribution in [2.24, 2.45) is 0 Å². The van der Waals surface area contributed by atoms with E-state index in [0.29, 0.717) is 0 Å². The minimum Gasteiger partial charge on any atom is -0.381 e. The molecule has 5 heteroatoms. The molecule has 84 valence electrons. The van der Waals surface area contributed by atoms with Crippen molar-refractivity contribution in [3.8, 4) is 6.07 Å². The van der Waals surface area contributed by atoms with Gasteiger partial charge in [-0.2, -0.15) is 5.26 Å². The summed E-state index contributed by atoms with van der Waals surface area (Å²) in [5.41, 5.74) is 0. The lowest BCUT2D eigenvalue weighted by Gasteiger charge is -2.24. The smallest absolute Gasteiger partial charge is 0.234 e. The van der Waals surface area contributed by atoms with Crippen molar-refractivity contribution in [2.45, 2.75) is 18.9 Å². The van der Waals surface area contributed by atoms with Gasteiger partial charge in [0.15, 0.2) is 0 Å². The zero-order valence-electron chi connectivity index (χ0n) is 9.03. The Balaban J connectivity index is 2.20. The van der Waals surface area contributed by atoms with E-state index in [1.54, 1.807) is 11.9 Å². The standard InChI is InChI=1S/C10H17N3O2/c1-13(5-4-11)8-10(14)12-9-2-6-15-7-3-9/h9H,2-3,5-8H2,1H3,(H,12,14). The van der Waals surface area contributed by atoms with Crippen LogP contribution < -0.4 is 5.32 Å². The van der Waals surface area contributed by atoms with E-state index < -0.39 is 0 Å². The van der Waals surface area contributed by atoms with Crippen molar-refractivity contribution < 1.29 is 9.53 Å². The Kier molecular flexibility index (Phi) is 5.08. The Labute approximate surface area is 90.0 Å². The van der Waals surface area contributed by atoms with E-state index >= 15 is 0 Å². The molecule has 1 rings (SSSR count). The lowest BCUT2D eigenvalue weighted by Crippen LogP contribution is -2.43. The van der Waals surface area contributed by atoms with Gasteiger partial charge in [-0.1, -0.05) is 0 Å². The SMILES string of the molecule is CN(CC#N)CC(=O)NC1CCOCC1. The molecule has 0 saturated carbocycles. The summed E-state index contributed by atoms with van der Waals surface area (Å²) in [6.07, 6.45) is 1.77. The van der Waals surface area contributed by atoms with Crippen LogP contribution >= 0.6 is 0 Å². The summed E-state index contributed by atoms with van der Waals surface area (Å²) in [6, 6.07) is 2.24. The average Bonchev–Trinajstić information content (AvgIpc) is 2.19. The van der Waals surface area contributed by atoms with Crippen molar-refractivity contribution in [1.29, 1.82) is 5.26 Å². The number of rotatable bonds is 4. The number of hydrogen-bond donors (Lipinski definition) is 1. The fourth-order valence-electron chi connectivity index (χ4n) is 1.54. The number of hydrogen-bond acceptors (Lipinski definition) is 4. The lowest BCUT2D eigenvalue weighted by molar-refractivity contribution is -0.123. The van der Waals surface area contributed by atoms with Crippen LogP contribution in [0, 0.1) is 11.3 Å². The van der Waals surface area contributed by atoms with Crippen molar-refractivity contribution in [1.82, 2.24) is 10.2 Å². The Morgan fingerprint density at radius 3 is 2.87 bits per heavy atom. The second-order valence-electron chi connectivity index (χ2n) is 3.78. The summed E-state index contributed by atoms with van der Waals surface area (Å²) in [4.78, 5) is 13.2. The second-order valence-corrected chi connectivity index (χ2v) is 3.78. The van der Waals surface area contributed by atoms with E-state index in [0.717, 1.165) is 26.1 Å². The van der Waals surface area contributed by atoms with E-state index in [9.17, 15) is 4.79 Å². The Hall–Kier alpha value is -1.12. The van der Waals surface area contributed by atoms with E-state index in [1.165, 1.54) is 0 Å². The van der Waals surface area contributed by atoms with Gasteiger partial charge in [-0.3, -0.25) is 9.69 Å². The van der Waals surface area contributed by atoms with Crippen LogP contribution in [-0.2, 0) is 9.53 Å². The molecule has 0 aromatic carbocycles. The number of ether oxygens (including phenoxy) is 1. The highest BCUT2D eigenvalue weighted by molar-refractivity contribution is 5.78. The topological polar surface area (TPSA) is 65.4 Å². The predicted molar refractivity (Wildman–Crippen MR) is 55.1 cm³/mol. The van der Waals surface area contributed by atoms with Crippen LogP contribution in [0.3, 0.4) is 0 Å². The molecule has 0 spiro atoms. The predicted octanol–water partition coefficient (Wildman–Crippen LogP) is -0.263. The lowest BCUT2D eigenvalue weighted by atomic mass is 10.1. The van der Waals surface area contributed by atoms with Crippen LogP contribution in [0.1, 0.15) is 12.8 Å². The molecule has 1 saturated heterocycles. The number of nitrogens with one attached hydrogen (secondary N) is 1. The molecule has 1 aliphatic heterocycles. The van der Waals surface area contributed by atoms with Gasteiger partial charge in [-0.25, -0.2) is 0 Å². The van der Waals surface area contributed by atoms with Gasteiger partial charge in [0.1, 0.15) is 0 Å². The molecule has 0 radical (unpaired) electrons. The van der Waals surface area contributed by atoms with Gasteiger partial charge >= 0.3 is 0 Å². The molecule has 1 heterocycles. The van der Waals surface area contributed by atoms with E-state index in [-0.39, 0.29) is 25.0 Å². The van der Waals surface area contributed by atoms with Gasteiger partial charge in [0.25, 0.3) is 0 Å². The van der Waals surface area contributed by atoms with Crippen molar-refractivity contribution in [3.63, 3.8) is 0 Å². The maximum Gasteiger partial charge on any atom is 0.234 e. The minimum absolute atomic E-state index is 0.0142. The Morgan fingerprint density at radius 2 is 2.27 bits per heavy atom. The Bertz CT molecular complexity index is 244. The summed E-state index contributed by atoms with van der Waals surface area (Å²) in [5.74, 6) is -0.0142. The summed E-state index contributed by atoms with van der Waals surface area (Å²) < 4.78 is 5.20. The monoisotopic (exact) mass is 211 g/mol. The number of carbonyl (C=O) groups is 1. The van der Waals surface area contributed by atoms with E-state index in [4.69, 9.17) is 10.00 Å². The van der Waals surface area contributed by atoms with Crippen LogP contribution in [0.5, 0.6) is 0 Å². The maximum atomic E-state index is 11.5. The molecule has 0 atom stereocenters. The quantitative estimate of drug-likeness (QED) is 0.650. The zero-order valence-corrected chi connectivity index (χ0v) is 9.03. The highest BCUT2D eigenvalue weighted by Crippen LogP contribution is 2.05. The second kappa shape index (κ2) is 6.38. The normalized spacial score (nSPS) is 17.4. The molecule has 0 bridgehead atoms. The average molecular weight is 211 g/mol. The first kappa shape index (κ1) is 12.0. The fraction of sp³-hybridized carbons (Fsp3) is 0.800. The van der Waals surface area contributed by atoms with Crippen LogP contribution in [0.2, 0.25) is 0 Å². The number of nitriles is 1. The Morgan fingerprint density at radius 1 is 1.60 bits per heavy atom. The molecular formula is C10H17N3O2. The molecule has 1 amide bonds. The molecule has 0 aromatic heterocycles. The van der Waals surface area contributed by atoms with Crippen LogP contribution in [0.15, 0.2) is 0 Å². The van der Waals surface area contributed by atoms with Gasteiger partial charge in [0.05, 0.1) is 19.2 Å². The highest BCUT2D eigenvalue weighted by atomic mass is 16.5. The van der Waals surface area contributed by atoms with Crippen LogP contribution in [0.25, 0.3) is 0 Å². The molecule has 1 fully saturated rings. The van der Waals surface area contributed by atoms with Gasteiger partial charge in [-0.15, -0.1) is 0 Å². The van der Waals surface area contributed by atoms with Crippen molar-refractivity contribution in [3.05, 3.63) is 0 Å². The molecule has 0 aromatic rings. The summed E-state index contributed by atoms with van der Waals surface area (Å²) in [5, 5.41) is 11.4. The molecule has 5 nitrogen and oxygen atoms in total. The third kappa shape index (κ3) is 4.77. The molecule has 15 heavy (non-hydrogen) atoms. The fourth-order valence-corrected chi connectivity index (χ4v) is 1.54. The van der Waals surface area contributed by atoms with Crippen LogP contribution in [0.4, 0.5) is 0 Å². The van der Waals surface area contributed by atoms with E-state index in [1.807, 2.05) is 6.07 Å². The molecular weight excluding hydrogens is 194 g/mol. The van der Waals surface area contributed by atoms with Crippen molar-refractivity contribution >= 4 is 5.91 Å². The van der Waals surface area contributed by atoms with Gasteiger partial charge < -0.3 is 10.1 Å². The third-order valence-electron chi connectivity index (χ3n) is 2.34. The first-order chi connectivity index (χ1) is 7.22.